The first-order valence-electron chi connectivity index (χ1n) is 4.42. The SMILES string of the molecule is CC1(C(=O)OCCN=C=O)C2CC21. The zero-order valence-electron chi connectivity index (χ0n) is 7.45. The molecular weight excluding hydrogens is 170 g/mol. The summed E-state index contributed by atoms with van der Waals surface area (Å²) in [6, 6.07) is 0. The zero-order valence-corrected chi connectivity index (χ0v) is 7.45. The predicted molar refractivity (Wildman–Crippen MR) is 43.7 cm³/mol. The Balaban J connectivity index is 1.71. The fourth-order valence-corrected chi connectivity index (χ4v) is 1.91. The van der Waals surface area contributed by atoms with Crippen molar-refractivity contribution in [3.05, 3.63) is 0 Å². The summed E-state index contributed by atoms with van der Waals surface area (Å²) in [5.41, 5.74) is -0.190. The van der Waals surface area contributed by atoms with Gasteiger partial charge in [-0.05, 0) is 25.2 Å². The number of hydrogen-bond donors (Lipinski definition) is 0. The lowest BCUT2D eigenvalue weighted by molar-refractivity contribution is -0.151. The maximum atomic E-state index is 11.4. The van der Waals surface area contributed by atoms with E-state index in [1.807, 2.05) is 6.92 Å². The van der Waals surface area contributed by atoms with Crippen LogP contribution in [0.5, 0.6) is 0 Å². The van der Waals surface area contributed by atoms with E-state index in [0.717, 1.165) is 0 Å². The van der Waals surface area contributed by atoms with Gasteiger partial charge in [0.05, 0.1) is 12.0 Å². The summed E-state index contributed by atoms with van der Waals surface area (Å²) < 4.78 is 4.96. The second-order valence-electron chi connectivity index (χ2n) is 3.84. The Morgan fingerprint density at radius 3 is 2.85 bits per heavy atom. The van der Waals surface area contributed by atoms with Crippen LogP contribution in [0.1, 0.15) is 13.3 Å². The van der Waals surface area contributed by atoms with E-state index in [-0.39, 0.29) is 24.5 Å². The van der Waals surface area contributed by atoms with E-state index < -0.39 is 0 Å². The predicted octanol–water partition coefficient (Wildman–Crippen LogP) is 0.521. The van der Waals surface area contributed by atoms with Crippen LogP contribution in [0.15, 0.2) is 4.99 Å². The first-order valence-corrected chi connectivity index (χ1v) is 4.42. The van der Waals surface area contributed by atoms with Crippen molar-refractivity contribution >= 4 is 12.0 Å². The molecular formula is C9H11NO3. The Bertz CT molecular complexity index is 285. The van der Waals surface area contributed by atoms with E-state index in [4.69, 9.17) is 4.74 Å². The summed E-state index contributed by atoms with van der Waals surface area (Å²) in [6.07, 6.45) is 2.58. The van der Waals surface area contributed by atoms with Crippen LogP contribution in [0.4, 0.5) is 0 Å². The lowest BCUT2D eigenvalue weighted by Gasteiger charge is -2.14. The van der Waals surface area contributed by atoms with E-state index in [9.17, 15) is 9.59 Å². The van der Waals surface area contributed by atoms with Gasteiger partial charge in [0.2, 0.25) is 6.08 Å². The molecule has 0 N–H and O–H groups in total. The Morgan fingerprint density at radius 2 is 2.38 bits per heavy atom. The molecule has 0 aromatic rings. The monoisotopic (exact) mass is 181 g/mol. The van der Waals surface area contributed by atoms with Crippen molar-refractivity contribution in [2.24, 2.45) is 22.2 Å². The van der Waals surface area contributed by atoms with E-state index in [2.05, 4.69) is 4.99 Å². The summed E-state index contributed by atoms with van der Waals surface area (Å²) >= 11 is 0. The van der Waals surface area contributed by atoms with Gasteiger partial charge in [-0.15, -0.1) is 0 Å². The van der Waals surface area contributed by atoms with Crippen LogP contribution in [0, 0.1) is 17.3 Å². The molecule has 0 amide bonds. The van der Waals surface area contributed by atoms with Crippen molar-refractivity contribution in [1.82, 2.24) is 0 Å². The van der Waals surface area contributed by atoms with Crippen LogP contribution in [-0.2, 0) is 14.3 Å². The first-order chi connectivity index (χ1) is 6.21. The Morgan fingerprint density at radius 1 is 1.69 bits per heavy atom. The molecule has 0 saturated heterocycles. The normalized spacial score (nSPS) is 38.5. The fourth-order valence-electron chi connectivity index (χ4n) is 1.91. The van der Waals surface area contributed by atoms with Crippen molar-refractivity contribution in [1.29, 1.82) is 0 Å². The van der Waals surface area contributed by atoms with Crippen LogP contribution in [-0.4, -0.2) is 25.2 Å². The molecule has 2 fully saturated rings. The van der Waals surface area contributed by atoms with Gasteiger partial charge in [0.15, 0.2) is 0 Å². The minimum absolute atomic E-state index is 0.130. The molecule has 4 heteroatoms. The van der Waals surface area contributed by atoms with Gasteiger partial charge in [0.1, 0.15) is 6.61 Å². The van der Waals surface area contributed by atoms with Crippen LogP contribution >= 0.6 is 0 Å². The maximum Gasteiger partial charge on any atom is 0.312 e. The Hall–Kier alpha value is -1.15. The summed E-state index contributed by atoms with van der Waals surface area (Å²) in [4.78, 5) is 24.3. The second-order valence-corrected chi connectivity index (χ2v) is 3.84. The number of fused-ring (bicyclic) bond motifs is 1. The van der Waals surface area contributed by atoms with Gasteiger partial charge < -0.3 is 4.74 Å². The van der Waals surface area contributed by atoms with Gasteiger partial charge in [-0.25, -0.2) is 9.79 Å². The quantitative estimate of drug-likeness (QED) is 0.275. The molecule has 0 aliphatic heterocycles. The molecule has 2 saturated carbocycles. The van der Waals surface area contributed by atoms with Gasteiger partial charge in [-0.1, -0.05) is 0 Å². The number of carbonyl (C=O) groups excluding carboxylic acids is 2. The number of carbonyl (C=O) groups is 1. The molecule has 13 heavy (non-hydrogen) atoms. The average molecular weight is 181 g/mol. The van der Waals surface area contributed by atoms with E-state index in [0.29, 0.717) is 11.8 Å². The minimum atomic E-state index is -0.190. The average Bonchev–Trinajstić information content (AvgIpc) is 2.99. The molecule has 0 spiro atoms. The van der Waals surface area contributed by atoms with Crippen molar-refractivity contribution in [3.8, 4) is 0 Å². The number of aliphatic imine (C=N–C) groups is 1. The standard InChI is InChI=1S/C9H11NO3/c1-9(6-4-7(6)9)8(12)13-3-2-10-5-11/h6-7H,2-4H2,1H3. The van der Waals surface area contributed by atoms with Crippen LogP contribution in [0.2, 0.25) is 0 Å². The third-order valence-corrected chi connectivity index (χ3v) is 3.16. The van der Waals surface area contributed by atoms with Crippen LogP contribution in [0.3, 0.4) is 0 Å². The largest absolute Gasteiger partial charge is 0.463 e. The van der Waals surface area contributed by atoms with Crippen molar-refractivity contribution in [2.45, 2.75) is 13.3 Å². The Kier molecular flexibility index (Phi) is 1.74. The molecule has 0 heterocycles. The molecule has 4 nitrogen and oxygen atoms in total. The second kappa shape index (κ2) is 2.67. The lowest BCUT2D eigenvalue weighted by Crippen LogP contribution is -2.23. The number of isocyanates is 1. The van der Waals surface area contributed by atoms with Crippen LogP contribution in [0.25, 0.3) is 0 Å². The highest BCUT2D eigenvalue weighted by molar-refractivity contribution is 5.83. The highest BCUT2D eigenvalue weighted by Gasteiger charge is 2.78. The summed E-state index contributed by atoms with van der Waals surface area (Å²) in [5, 5.41) is 0. The Labute approximate surface area is 76.0 Å². The van der Waals surface area contributed by atoms with E-state index >= 15 is 0 Å². The molecule has 0 aromatic carbocycles. The van der Waals surface area contributed by atoms with E-state index in [1.165, 1.54) is 12.5 Å². The molecule has 2 aliphatic rings. The summed E-state index contributed by atoms with van der Waals surface area (Å²) in [7, 11) is 0. The number of hydrogen-bond acceptors (Lipinski definition) is 4. The minimum Gasteiger partial charge on any atom is -0.463 e. The lowest BCUT2D eigenvalue weighted by atomic mass is 9.98. The topological polar surface area (TPSA) is 55.7 Å². The summed E-state index contributed by atoms with van der Waals surface area (Å²) in [5.74, 6) is 1.03. The number of esters is 1. The van der Waals surface area contributed by atoms with Crippen molar-refractivity contribution in [3.63, 3.8) is 0 Å². The van der Waals surface area contributed by atoms with Gasteiger partial charge >= 0.3 is 5.97 Å². The highest BCUT2D eigenvalue weighted by Crippen LogP contribution is 2.77. The molecule has 0 bridgehead atoms. The molecule has 0 aromatic heterocycles. The molecule has 0 radical (unpaired) electrons. The first kappa shape index (κ1) is 8.45. The van der Waals surface area contributed by atoms with Gasteiger partial charge in [0, 0.05) is 0 Å². The van der Waals surface area contributed by atoms with E-state index in [1.54, 1.807) is 0 Å². The fraction of sp³-hybridized carbons (Fsp3) is 0.778. The van der Waals surface area contributed by atoms with Crippen molar-refractivity contribution in [2.75, 3.05) is 13.2 Å². The third kappa shape index (κ3) is 1.18. The molecule has 2 unspecified atom stereocenters. The molecule has 2 rings (SSSR count). The molecule has 70 valence electrons. The van der Waals surface area contributed by atoms with Gasteiger partial charge in [-0.3, -0.25) is 4.79 Å². The number of rotatable bonds is 4. The summed E-state index contributed by atoms with van der Waals surface area (Å²) in [6.45, 7) is 2.36. The smallest absolute Gasteiger partial charge is 0.312 e. The molecule has 2 aliphatic carbocycles. The molecule has 2 atom stereocenters. The highest BCUT2D eigenvalue weighted by atomic mass is 16.5. The van der Waals surface area contributed by atoms with Gasteiger partial charge in [0.25, 0.3) is 0 Å². The number of nitrogens with zero attached hydrogens (tertiary/aromatic N) is 1. The zero-order chi connectivity index (χ0) is 9.47. The van der Waals surface area contributed by atoms with Gasteiger partial charge in [-0.2, -0.15) is 0 Å². The number of ether oxygens (including phenoxy) is 1. The third-order valence-electron chi connectivity index (χ3n) is 3.16. The van der Waals surface area contributed by atoms with Crippen molar-refractivity contribution < 1.29 is 14.3 Å². The maximum absolute atomic E-state index is 11.4. The van der Waals surface area contributed by atoms with Crippen LogP contribution < -0.4 is 0 Å².